The Bertz CT molecular complexity index is 1240. The molecule has 1 atom stereocenters. The van der Waals surface area contributed by atoms with Crippen LogP contribution in [0.2, 0.25) is 0 Å². The van der Waals surface area contributed by atoms with Gasteiger partial charge in [0.2, 0.25) is 5.91 Å². The molecule has 1 amide bonds. The average Bonchev–Trinajstić information content (AvgIpc) is 3.18. The van der Waals surface area contributed by atoms with Crippen LogP contribution in [0.1, 0.15) is 60.9 Å². The highest BCUT2D eigenvalue weighted by Gasteiger charge is 2.22. The number of rotatable bonds is 5. The van der Waals surface area contributed by atoms with E-state index in [-0.39, 0.29) is 17.2 Å². The molecule has 0 saturated carbocycles. The van der Waals surface area contributed by atoms with Crippen LogP contribution in [0.3, 0.4) is 0 Å². The predicted molar refractivity (Wildman–Crippen MR) is 134 cm³/mol. The maximum Gasteiger partial charge on any atom is 0.225 e. The van der Waals surface area contributed by atoms with E-state index in [2.05, 4.69) is 93.6 Å². The molecule has 0 aliphatic rings. The van der Waals surface area contributed by atoms with Crippen molar-refractivity contribution in [2.75, 3.05) is 5.32 Å². The first kappa shape index (κ1) is 21.9. The lowest BCUT2D eigenvalue weighted by Gasteiger charge is -2.22. The van der Waals surface area contributed by atoms with Gasteiger partial charge in [0.25, 0.3) is 0 Å². The number of carbonyl (C=O) groups is 1. The summed E-state index contributed by atoms with van der Waals surface area (Å²) in [4.78, 5) is 16.5. The summed E-state index contributed by atoms with van der Waals surface area (Å²) >= 11 is 0. The van der Waals surface area contributed by atoms with Gasteiger partial charge in [-0.3, -0.25) is 4.79 Å². The number of carbonyl (C=O) groups excluding carboxylic acids is 1. The van der Waals surface area contributed by atoms with Crippen molar-refractivity contribution in [3.05, 3.63) is 101 Å². The molecule has 1 heterocycles. The maximum atomic E-state index is 13.1. The molecule has 0 saturated heterocycles. The number of hydrogen-bond donors (Lipinski definition) is 2. The van der Waals surface area contributed by atoms with Gasteiger partial charge in [0.1, 0.15) is 0 Å². The zero-order valence-electron chi connectivity index (χ0n) is 19.6. The Labute approximate surface area is 190 Å². The highest BCUT2D eigenvalue weighted by atomic mass is 16.1. The summed E-state index contributed by atoms with van der Waals surface area (Å²) in [7, 11) is 0. The van der Waals surface area contributed by atoms with Gasteiger partial charge in [-0.1, -0.05) is 69.3 Å². The summed E-state index contributed by atoms with van der Waals surface area (Å²) in [5.41, 5.74) is 8.02. The van der Waals surface area contributed by atoms with Crippen molar-refractivity contribution >= 4 is 22.5 Å². The van der Waals surface area contributed by atoms with E-state index in [4.69, 9.17) is 0 Å². The Morgan fingerprint density at radius 3 is 2.34 bits per heavy atom. The van der Waals surface area contributed by atoms with Crippen molar-refractivity contribution in [1.29, 1.82) is 0 Å². The van der Waals surface area contributed by atoms with Gasteiger partial charge in [-0.2, -0.15) is 0 Å². The first-order valence-electron chi connectivity index (χ1n) is 11.3. The van der Waals surface area contributed by atoms with E-state index in [1.165, 1.54) is 16.7 Å². The summed E-state index contributed by atoms with van der Waals surface area (Å²) in [5.74, 6) is -0.0184. The monoisotopic (exact) mass is 424 g/mol. The third-order valence-corrected chi connectivity index (χ3v) is 6.36. The quantitative estimate of drug-likeness (QED) is 0.348. The number of amides is 1. The zero-order valence-corrected chi connectivity index (χ0v) is 19.6. The minimum absolute atomic E-state index is 0.0171. The van der Waals surface area contributed by atoms with Crippen LogP contribution in [0.25, 0.3) is 10.9 Å². The number of para-hydroxylation sites is 1. The molecule has 0 unspecified atom stereocenters. The Morgan fingerprint density at radius 2 is 1.66 bits per heavy atom. The van der Waals surface area contributed by atoms with E-state index < -0.39 is 0 Å². The van der Waals surface area contributed by atoms with Gasteiger partial charge in [0, 0.05) is 35.1 Å². The number of fused-ring (bicyclic) bond motifs is 1. The second kappa shape index (κ2) is 8.66. The highest BCUT2D eigenvalue weighted by Crippen LogP contribution is 2.35. The molecule has 0 bridgehead atoms. The van der Waals surface area contributed by atoms with Crippen LogP contribution in [0.4, 0.5) is 5.69 Å². The summed E-state index contributed by atoms with van der Waals surface area (Å²) < 4.78 is 0. The van der Waals surface area contributed by atoms with Gasteiger partial charge in [0.05, 0.1) is 0 Å². The molecule has 4 aromatic rings. The van der Waals surface area contributed by atoms with Crippen LogP contribution >= 0.6 is 0 Å². The van der Waals surface area contributed by atoms with Crippen LogP contribution in [0, 0.1) is 13.8 Å². The number of anilines is 1. The van der Waals surface area contributed by atoms with E-state index in [0.29, 0.717) is 6.42 Å². The summed E-state index contributed by atoms with van der Waals surface area (Å²) in [6.45, 7) is 10.8. The fourth-order valence-electron chi connectivity index (χ4n) is 4.22. The second-order valence-electron chi connectivity index (χ2n) is 9.77. The minimum atomic E-state index is -0.0355. The number of benzene rings is 3. The van der Waals surface area contributed by atoms with Crippen LogP contribution in [-0.4, -0.2) is 10.9 Å². The summed E-state index contributed by atoms with van der Waals surface area (Å²) in [5, 5.41) is 4.27. The molecule has 0 aliphatic heterocycles. The topological polar surface area (TPSA) is 44.9 Å². The minimum Gasteiger partial charge on any atom is -0.361 e. The highest BCUT2D eigenvalue weighted by molar-refractivity contribution is 5.93. The van der Waals surface area contributed by atoms with Crippen molar-refractivity contribution in [2.45, 2.75) is 52.4 Å². The molecule has 2 N–H and O–H groups in total. The molecule has 1 aromatic heterocycles. The van der Waals surface area contributed by atoms with Gasteiger partial charge in [-0.05, 0) is 65.3 Å². The smallest absolute Gasteiger partial charge is 0.225 e. The first-order chi connectivity index (χ1) is 15.2. The van der Waals surface area contributed by atoms with Gasteiger partial charge >= 0.3 is 0 Å². The van der Waals surface area contributed by atoms with Crippen LogP contribution in [0.5, 0.6) is 0 Å². The lowest BCUT2D eigenvalue weighted by Crippen LogP contribution is -2.17. The van der Waals surface area contributed by atoms with Crippen LogP contribution in [-0.2, 0) is 10.2 Å². The number of nitrogens with one attached hydrogen (secondary N) is 2. The predicted octanol–water partition coefficient (Wildman–Crippen LogP) is 7.24. The van der Waals surface area contributed by atoms with Crippen LogP contribution in [0.15, 0.2) is 72.9 Å². The molecule has 0 aliphatic carbocycles. The van der Waals surface area contributed by atoms with E-state index >= 15 is 0 Å². The Balaban J connectivity index is 1.67. The molecular formula is C29H32N2O. The largest absolute Gasteiger partial charge is 0.361 e. The lowest BCUT2D eigenvalue weighted by atomic mass is 9.83. The molecule has 32 heavy (non-hydrogen) atoms. The number of aromatic amines is 1. The van der Waals surface area contributed by atoms with Gasteiger partial charge in [-0.15, -0.1) is 0 Å². The normalized spacial score (nSPS) is 12.7. The van der Waals surface area contributed by atoms with E-state index in [1.807, 2.05) is 24.3 Å². The average molecular weight is 425 g/mol. The lowest BCUT2D eigenvalue weighted by molar-refractivity contribution is -0.116. The number of aryl methyl sites for hydroxylation is 2. The van der Waals surface area contributed by atoms with Gasteiger partial charge in [-0.25, -0.2) is 0 Å². The summed E-state index contributed by atoms with van der Waals surface area (Å²) in [6, 6.07) is 23.1. The van der Waals surface area contributed by atoms with Crippen molar-refractivity contribution in [3.63, 3.8) is 0 Å². The third-order valence-electron chi connectivity index (χ3n) is 6.36. The fourth-order valence-corrected chi connectivity index (χ4v) is 4.22. The van der Waals surface area contributed by atoms with Gasteiger partial charge < -0.3 is 10.3 Å². The Kier molecular flexibility index (Phi) is 5.92. The first-order valence-corrected chi connectivity index (χ1v) is 11.3. The fraction of sp³-hybridized carbons (Fsp3) is 0.276. The molecule has 0 spiro atoms. The standard InChI is InChI=1S/C29H32N2O/c1-19-10-15-23(16-20(19)2)31-28(32)17-25(21-11-13-22(14-12-21)29(3,4)5)26-18-30-27-9-7-6-8-24(26)27/h6-16,18,25,30H,17H2,1-5H3,(H,31,32)/t25-/m0/s1. The Hall–Kier alpha value is -3.33. The molecule has 3 nitrogen and oxygen atoms in total. The molecule has 164 valence electrons. The van der Waals surface area contributed by atoms with Crippen molar-refractivity contribution in [1.82, 2.24) is 4.98 Å². The van der Waals surface area contributed by atoms with E-state index in [0.717, 1.165) is 27.7 Å². The molecule has 3 aromatic carbocycles. The molecular weight excluding hydrogens is 392 g/mol. The van der Waals surface area contributed by atoms with E-state index in [1.54, 1.807) is 0 Å². The number of aromatic nitrogens is 1. The maximum absolute atomic E-state index is 13.1. The Morgan fingerprint density at radius 1 is 0.938 bits per heavy atom. The van der Waals surface area contributed by atoms with Crippen molar-refractivity contribution in [2.24, 2.45) is 0 Å². The van der Waals surface area contributed by atoms with Crippen molar-refractivity contribution in [3.8, 4) is 0 Å². The zero-order chi connectivity index (χ0) is 22.9. The number of H-pyrrole nitrogens is 1. The molecule has 0 fully saturated rings. The third kappa shape index (κ3) is 4.62. The molecule has 4 rings (SSSR count). The summed E-state index contributed by atoms with van der Waals surface area (Å²) in [6.07, 6.45) is 2.43. The second-order valence-corrected chi connectivity index (χ2v) is 9.77. The van der Waals surface area contributed by atoms with E-state index in [9.17, 15) is 4.79 Å². The SMILES string of the molecule is Cc1ccc(NC(=O)C[C@@H](c2ccc(C(C)(C)C)cc2)c2c[nH]c3ccccc23)cc1C. The van der Waals surface area contributed by atoms with Crippen LogP contribution < -0.4 is 5.32 Å². The molecule has 0 radical (unpaired) electrons. The number of hydrogen-bond acceptors (Lipinski definition) is 1. The molecule has 3 heteroatoms. The van der Waals surface area contributed by atoms with Gasteiger partial charge in [0.15, 0.2) is 0 Å². The van der Waals surface area contributed by atoms with Crippen molar-refractivity contribution < 1.29 is 4.79 Å².